The normalized spacial score (nSPS) is 11.6. The fraction of sp³-hybridized carbons (Fsp3) is 0.167. The Bertz CT molecular complexity index is 658. The number of H-pyrrole nitrogens is 1. The van der Waals surface area contributed by atoms with Crippen LogP contribution in [-0.2, 0) is 4.74 Å². The molecule has 0 spiro atoms. The lowest BCUT2D eigenvalue weighted by atomic mass is 10.1. The van der Waals surface area contributed by atoms with Gasteiger partial charge in [-0.3, -0.25) is 4.79 Å². The zero-order chi connectivity index (χ0) is 14.2. The first-order valence-corrected chi connectivity index (χ1v) is 5.15. The second-order valence-electron chi connectivity index (χ2n) is 3.78. The molecule has 0 saturated carbocycles. The maximum absolute atomic E-state index is 12.4. The highest BCUT2D eigenvalue weighted by atomic mass is 19.4. The van der Waals surface area contributed by atoms with Crippen molar-refractivity contribution in [1.29, 1.82) is 0 Å². The van der Waals surface area contributed by atoms with Gasteiger partial charge in [0.15, 0.2) is 0 Å². The maximum Gasteiger partial charge on any atom is 0.454 e. The standard InChI is InChI=1S/C12H8F3NO3/c1-19-11(18)6-2-3-7-8(5-16-9(7)4-6)10(17)12(13,14)15/h2-5,16H,1H3. The predicted molar refractivity (Wildman–Crippen MR) is 60.0 cm³/mol. The molecular formula is C12H8F3NO3. The van der Waals surface area contributed by atoms with Gasteiger partial charge in [-0.1, -0.05) is 6.07 Å². The van der Waals surface area contributed by atoms with Gasteiger partial charge < -0.3 is 9.72 Å². The summed E-state index contributed by atoms with van der Waals surface area (Å²) in [7, 11) is 1.19. The number of carbonyl (C=O) groups is 2. The van der Waals surface area contributed by atoms with Crippen LogP contribution in [0.1, 0.15) is 20.7 Å². The maximum atomic E-state index is 12.4. The van der Waals surface area contributed by atoms with Crippen molar-refractivity contribution in [3.63, 3.8) is 0 Å². The van der Waals surface area contributed by atoms with Gasteiger partial charge in [0, 0.05) is 17.1 Å². The Morgan fingerprint density at radius 1 is 1.26 bits per heavy atom. The quantitative estimate of drug-likeness (QED) is 0.674. The van der Waals surface area contributed by atoms with E-state index in [1.807, 2.05) is 0 Å². The number of benzene rings is 1. The minimum atomic E-state index is -4.93. The van der Waals surface area contributed by atoms with E-state index in [0.717, 1.165) is 6.20 Å². The number of nitrogens with one attached hydrogen (secondary N) is 1. The summed E-state index contributed by atoms with van der Waals surface area (Å²) in [4.78, 5) is 25.0. The van der Waals surface area contributed by atoms with E-state index < -0.39 is 23.5 Å². The molecule has 0 atom stereocenters. The number of methoxy groups -OCH3 is 1. The molecule has 0 amide bonds. The van der Waals surface area contributed by atoms with Crippen molar-refractivity contribution in [3.8, 4) is 0 Å². The third-order valence-corrected chi connectivity index (χ3v) is 2.60. The largest absolute Gasteiger partial charge is 0.465 e. The third-order valence-electron chi connectivity index (χ3n) is 2.60. The number of esters is 1. The van der Waals surface area contributed by atoms with E-state index in [0.29, 0.717) is 0 Å². The molecule has 0 fully saturated rings. The van der Waals surface area contributed by atoms with E-state index in [2.05, 4.69) is 9.72 Å². The average Bonchev–Trinajstić information content (AvgIpc) is 2.78. The SMILES string of the molecule is COC(=O)c1ccc2c(C(=O)C(F)(F)F)c[nH]c2c1. The van der Waals surface area contributed by atoms with E-state index in [9.17, 15) is 22.8 Å². The minimum Gasteiger partial charge on any atom is -0.465 e. The summed E-state index contributed by atoms with van der Waals surface area (Å²) in [6.07, 6.45) is -3.96. The number of aromatic nitrogens is 1. The molecule has 0 aliphatic heterocycles. The highest BCUT2D eigenvalue weighted by Gasteiger charge is 2.40. The van der Waals surface area contributed by atoms with Gasteiger partial charge in [0.2, 0.25) is 0 Å². The van der Waals surface area contributed by atoms with Gasteiger partial charge in [0.1, 0.15) is 0 Å². The summed E-state index contributed by atoms with van der Waals surface area (Å²) in [5, 5.41) is 0.106. The lowest BCUT2D eigenvalue weighted by Crippen LogP contribution is -2.22. The molecule has 0 radical (unpaired) electrons. The molecular weight excluding hydrogens is 263 g/mol. The second-order valence-corrected chi connectivity index (χ2v) is 3.78. The van der Waals surface area contributed by atoms with E-state index in [-0.39, 0.29) is 16.5 Å². The first kappa shape index (κ1) is 13.1. The summed E-state index contributed by atoms with van der Waals surface area (Å²) in [5.41, 5.74) is -0.0303. The van der Waals surface area contributed by atoms with Crippen LogP contribution >= 0.6 is 0 Å². The Morgan fingerprint density at radius 3 is 2.53 bits per heavy atom. The predicted octanol–water partition coefficient (Wildman–Crippen LogP) is 2.70. The average molecular weight is 271 g/mol. The smallest absolute Gasteiger partial charge is 0.454 e. The van der Waals surface area contributed by atoms with Gasteiger partial charge in [0.25, 0.3) is 5.78 Å². The van der Waals surface area contributed by atoms with Crippen LogP contribution in [-0.4, -0.2) is 30.0 Å². The van der Waals surface area contributed by atoms with Gasteiger partial charge in [0.05, 0.1) is 18.2 Å². The minimum absolute atomic E-state index is 0.106. The molecule has 0 bridgehead atoms. The molecule has 1 heterocycles. The number of carbonyl (C=O) groups excluding carboxylic acids is 2. The van der Waals surface area contributed by atoms with E-state index in [1.54, 1.807) is 0 Å². The number of ether oxygens (including phenoxy) is 1. The van der Waals surface area contributed by atoms with Crippen molar-refractivity contribution in [1.82, 2.24) is 4.98 Å². The molecule has 0 aliphatic carbocycles. The van der Waals surface area contributed by atoms with Crippen LogP contribution < -0.4 is 0 Å². The Morgan fingerprint density at radius 2 is 1.95 bits per heavy atom. The third kappa shape index (κ3) is 2.31. The fourth-order valence-electron chi connectivity index (χ4n) is 1.71. The van der Waals surface area contributed by atoms with E-state index in [1.165, 1.54) is 25.3 Å². The molecule has 1 N–H and O–H groups in total. The number of hydrogen-bond acceptors (Lipinski definition) is 3. The Kier molecular flexibility index (Phi) is 3.05. The lowest BCUT2D eigenvalue weighted by molar-refractivity contribution is -0.0884. The van der Waals surface area contributed by atoms with Crippen molar-refractivity contribution in [2.45, 2.75) is 6.18 Å². The molecule has 4 nitrogen and oxygen atoms in total. The van der Waals surface area contributed by atoms with Gasteiger partial charge >= 0.3 is 12.1 Å². The van der Waals surface area contributed by atoms with Crippen LogP contribution in [0.5, 0.6) is 0 Å². The number of aromatic amines is 1. The van der Waals surface area contributed by atoms with Gasteiger partial charge in [-0.05, 0) is 12.1 Å². The summed E-state index contributed by atoms with van der Waals surface area (Å²) in [5.74, 6) is -2.54. The van der Waals surface area contributed by atoms with Crippen LogP contribution in [0.15, 0.2) is 24.4 Å². The van der Waals surface area contributed by atoms with Crippen molar-refractivity contribution in [2.75, 3.05) is 7.11 Å². The molecule has 2 rings (SSSR count). The molecule has 7 heteroatoms. The molecule has 2 aromatic rings. The van der Waals surface area contributed by atoms with Crippen LogP contribution in [0.25, 0.3) is 10.9 Å². The fourth-order valence-corrected chi connectivity index (χ4v) is 1.71. The van der Waals surface area contributed by atoms with E-state index >= 15 is 0 Å². The van der Waals surface area contributed by atoms with Gasteiger partial charge in [-0.25, -0.2) is 4.79 Å². The molecule has 0 unspecified atom stereocenters. The number of ketones is 1. The molecule has 19 heavy (non-hydrogen) atoms. The zero-order valence-corrected chi connectivity index (χ0v) is 9.67. The molecule has 0 saturated heterocycles. The van der Waals surface area contributed by atoms with Crippen molar-refractivity contribution < 1.29 is 27.5 Å². The monoisotopic (exact) mass is 271 g/mol. The lowest BCUT2D eigenvalue weighted by Gasteiger charge is -2.04. The molecule has 1 aromatic heterocycles. The summed E-state index contributed by atoms with van der Waals surface area (Å²) < 4.78 is 41.6. The second kappa shape index (κ2) is 4.42. The number of halogens is 3. The molecule has 0 aliphatic rings. The van der Waals surface area contributed by atoms with Crippen LogP contribution in [0.4, 0.5) is 13.2 Å². The highest BCUT2D eigenvalue weighted by Crippen LogP contribution is 2.27. The summed E-state index contributed by atoms with van der Waals surface area (Å²) >= 11 is 0. The van der Waals surface area contributed by atoms with Crippen molar-refractivity contribution >= 4 is 22.7 Å². The molecule has 1 aromatic carbocycles. The Labute approximate surface area is 105 Å². The van der Waals surface area contributed by atoms with Crippen molar-refractivity contribution in [2.24, 2.45) is 0 Å². The summed E-state index contributed by atoms with van der Waals surface area (Å²) in [6.45, 7) is 0. The van der Waals surface area contributed by atoms with E-state index in [4.69, 9.17) is 0 Å². The highest BCUT2D eigenvalue weighted by molar-refractivity contribution is 6.11. The Balaban J connectivity index is 2.51. The molecule has 100 valence electrons. The number of Topliss-reactive ketones (excluding diaryl/α,β-unsaturated/α-hetero) is 1. The zero-order valence-electron chi connectivity index (χ0n) is 9.67. The van der Waals surface area contributed by atoms with Crippen molar-refractivity contribution in [3.05, 3.63) is 35.5 Å². The first-order chi connectivity index (χ1) is 8.84. The topological polar surface area (TPSA) is 59.2 Å². The Hall–Kier alpha value is -2.31. The number of rotatable bonds is 2. The van der Waals surface area contributed by atoms with Gasteiger partial charge in [-0.2, -0.15) is 13.2 Å². The number of hydrogen-bond donors (Lipinski definition) is 1. The van der Waals surface area contributed by atoms with Gasteiger partial charge in [-0.15, -0.1) is 0 Å². The first-order valence-electron chi connectivity index (χ1n) is 5.15. The summed E-state index contributed by atoms with van der Waals surface area (Å²) in [6, 6.07) is 3.90. The number of alkyl halides is 3. The van der Waals surface area contributed by atoms with Crippen LogP contribution in [0, 0.1) is 0 Å². The van der Waals surface area contributed by atoms with Crippen LogP contribution in [0.3, 0.4) is 0 Å². The number of fused-ring (bicyclic) bond motifs is 1. The van der Waals surface area contributed by atoms with Crippen LogP contribution in [0.2, 0.25) is 0 Å².